The molecule has 3 aromatic rings. The van der Waals surface area contributed by atoms with E-state index in [0.29, 0.717) is 11.8 Å². The molecule has 1 aromatic heterocycles. The van der Waals surface area contributed by atoms with Gasteiger partial charge in [-0.2, -0.15) is 0 Å². The Bertz CT molecular complexity index is 1050. The van der Waals surface area contributed by atoms with Crippen LogP contribution in [0.5, 0.6) is 0 Å². The highest BCUT2D eigenvalue weighted by Crippen LogP contribution is 2.23. The first-order valence-corrected chi connectivity index (χ1v) is 11.1. The number of aryl methyl sites for hydroxylation is 1. The zero-order chi connectivity index (χ0) is 22.3. The third-order valence-electron chi connectivity index (χ3n) is 5.83. The van der Waals surface area contributed by atoms with Gasteiger partial charge in [0.05, 0.1) is 0 Å². The number of rotatable bonds is 7. The van der Waals surface area contributed by atoms with Crippen LogP contribution in [0.1, 0.15) is 29.7 Å². The first kappa shape index (κ1) is 22.1. The Morgan fingerprint density at radius 3 is 2.47 bits per heavy atom. The molecule has 32 heavy (non-hydrogen) atoms. The van der Waals surface area contributed by atoms with Crippen molar-refractivity contribution in [3.63, 3.8) is 0 Å². The molecule has 0 aliphatic carbocycles. The molecule has 1 aliphatic rings. The second-order valence-corrected chi connectivity index (χ2v) is 8.35. The van der Waals surface area contributed by atoms with Crippen molar-refractivity contribution in [3.05, 3.63) is 83.6 Å². The van der Waals surface area contributed by atoms with E-state index >= 15 is 0 Å². The monoisotopic (exact) mass is 430 g/mol. The second-order valence-electron chi connectivity index (χ2n) is 8.35. The molecule has 2 heterocycles. The standard InChI is InChI=1S/C27H30N2O3/c1-20-3-7-22(8-4-20)26-13-11-25(32-26)12-14-27(30)28-23-9-5-21(6-10-23)19-29(2)24-15-17-31-18-16-24/h3-14,24H,15-19H2,1-2H3,(H,28,30). The van der Waals surface area contributed by atoms with Gasteiger partial charge in [-0.15, -0.1) is 0 Å². The predicted molar refractivity (Wildman–Crippen MR) is 128 cm³/mol. The molecule has 4 rings (SSSR count). The van der Waals surface area contributed by atoms with Gasteiger partial charge in [0.2, 0.25) is 5.91 Å². The topological polar surface area (TPSA) is 54.7 Å². The van der Waals surface area contributed by atoms with Gasteiger partial charge in [-0.3, -0.25) is 9.69 Å². The molecule has 166 valence electrons. The number of amides is 1. The van der Waals surface area contributed by atoms with Gasteiger partial charge < -0.3 is 14.5 Å². The minimum atomic E-state index is -0.189. The third kappa shape index (κ3) is 5.96. The lowest BCUT2D eigenvalue weighted by molar-refractivity contribution is -0.111. The summed E-state index contributed by atoms with van der Waals surface area (Å²) in [6.07, 6.45) is 5.34. The van der Waals surface area contributed by atoms with Crippen LogP contribution in [-0.2, 0) is 16.1 Å². The summed E-state index contributed by atoms with van der Waals surface area (Å²) < 4.78 is 11.3. The summed E-state index contributed by atoms with van der Waals surface area (Å²) in [5.74, 6) is 1.24. The average molecular weight is 431 g/mol. The highest BCUT2D eigenvalue weighted by Gasteiger charge is 2.18. The molecule has 0 spiro atoms. The van der Waals surface area contributed by atoms with E-state index in [-0.39, 0.29) is 5.91 Å². The van der Waals surface area contributed by atoms with Crippen LogP contribution >= 0.6 is 0 Å². The number of nitrogens with one attached hydrogen (secondary N) is 1. The summed E-state index contributed by atoms with van der Waals surface area (Å²) in [7, 11) is 2.16. The van der Waals surface area contributed by atoms with E-state index in [9.17, 15) is 4.79 Å². The predicted octanol–water partition coefficient (Wildman–Crippen LogP) is 5.52. The molecular weight excluding hydrogens is 400 g/mol. The first-order valence-electron chi connectivity index (χ1n) is 11.1. The summed E-state index contributed by atoms with van der Waals surface area (Å²) in [4.78, 5) is 14.7. The van der Waals surface area contributed by atoms with Crippen LogP contribution in [0.25, 0.3) is 17.4 Å². The quantitative estimate of drug-likeness (QED) is 0.502. The molecule has 1 fully saturated rings. The number of ether oxygens (including phenoxy) is 1. The molecule has 1 amide bonds. The lowest BCUT2D eigenvalue weighted by Crippen LogP contribution is -2.36. The maximum Gasteiger partial charge on any atom is 0.248 e. The molecule has 0 saturated carbocycles. The van der Waals surface area contributed by atoms with Crippen LogP contribution in [0.2, 0.25) is 0 Å². The SMILES string of the molecule is Cc1ccc(-c2ccc(C=CC(=O)Nc3ccc(CN(C)C4CCOCC4)cc3)o2)cc1. The van der Waals surface area contributed by atoms with Gasteiger partial charge in [0.15, 0.2) is 0 Å². The molecule has 1 saturated heterocycles. The Morgan fingerprint density at radius 2 is 1.75 bits per heavy atom. The maximum absolute atomic E-state index is 12.3. The largest absolute Gasteiger partial charge is 0.457 e. The van der Waals surface area contributed by atoms with Crippen molar-refractivity contribution in [3.8, 4) is 11.3 Å². The van der Waals surface area contributed by atoms with E-state index < -0.39 is 0 Å². The molecular formula is C27H30N2O3. The summed E-state index contributed by atoms with van der Waals surface area (Å²) in [5, 5.41) is 2.90. The van der Waals surface area contributed by atoms with Crippen molar-refractivity contribution >= 4 is 17.7 Å². The van der Waals surface area contributed by atoms with Gasteiger partial charge in [-0.05, 0) is 62.7 Å². The van der Waals surface area contributed by atoms with Crippen molar-refractivity contribution in [2.75, 3.05) is 25.6 Å². The molecule has 5 nitrogen and oxygen atoms in total. The molecule has 1 N–H and O–H groups in total. The van der Waals surface area contributed by atoms with E-state index in [4.69, 9.17) is 9.15 Å². The van der Waals surface area contributed by atoms with Gasteiger partial charge in [-0.1, -0.05) is 42.0 Å². The number of anilines is 1. The Labute approximate surface area is 189 Å². The van der Waals surface area contributed by atoms with Crippen molar-refractivity contribution in [1.82, 2.24) is 4.90 Å². The van der Waals surface area contributed by atoms with Crippen molar-refractivity contribution in [1.29, 1.82) is 0 Å². The van der Waals surface area contributed by atoms with Crippen LogP contribution in [0.15, 0.2) is 71.2 Å². The summed E-state index contributed by atoms with van der Waals surface area (Å²) in [5.41, 5.74) is 4.22. The molecule has 0 atom stereocenters. The van der Waals surface area contributed by atoms with Crippen LogP contribution < -0.4 is 5.32 Å². The normalized spacial score (nSPS) is 14.8. The van der Waals surface area contributed by atoms with Crippen LogP contribution in [-0.4, -0.2) is 37.1 Å². The number of benzene rings is 2. The first-order chi connectivity index (χ1) is 15.6. The Morgan fingerprint density at radius 1 is 1.03 bits per heavy atom. The van der Waals surface area contributed by atoms with E-state index in [1.54, 1.807) is 6.08 Å². The highest BCUT2D eigenvalue weighted by atomic mass is 16.5. The van der Waals surface area contributed by atoms with Crippen LogP contribution in [0.3, 0.4) is 0 Å². The van der Waals surface area contributed by atoms with Gasteiger partial charge in [-0.25, -0.2) is 0 Å². The van der Waals surface area contributed by atoms with E-state index in [1.807, 2.05) is 36.4 Å². The number of furan rings is 1. The molecule has 2 aromatic carbocycles. The van der Waals surface area contributed by atoms with Gasteiger partial charge in [0.25, 0.3) is 0 Å². The number of carbonyl (C=O) groups excluding carboxylic acids is 1. The maximum atomic E-state index is 12.3. The lowest BCUT2D eigenvalue weighted by atomic mass is 10.1. The van der Waals surface area contributed by atoms with Crippen molar-refractivity contribution in [2.24, 2.45) is 0 Å². The van der Waals surface area contributed by atoms with Gasteiger partial charge in [0.1, 0.15) is 11.5 Å². The van der Waals surface area contributed by atoms with E-state index in [1.165, 1.54) is 17.2 Å². The average Bonchev–Trinajstić information content (AvgIpc) is 3.29. The fraction of sp³-hybridized carbons (Fsp3) is 0.296. The lowest BCUT2D eigenvalue weighted by Gasteiger charge is -2.31. The molecule has 0 unspecified atom stereocenters. The van der Waals surface area contributed by atoms with Gasteiger partial charge >= 0.3 is 0 Å². The van der Waals surface area contributed by atoms with E-state index in [2.05, 4.69) is 48.5 Å². The second kappa shape index (κ2) is 10.4. The highest BCUT2D eigenvalue weighted by molar-refractivity contribution is 6.01. The van der Waals surface area contributed by atoms with Crippen LogP contribution in [0, 0.1) is 6.92 Å². The fourth-order valence-corrected chi connectivity index (χ4v) is 3.89. The Balaban J connectivity index is 1.29. The number of hydrogen-bond donors (Lipinski definition) is 1. The zero-order valence-corrected chi connectivity index (χ0v) is 18.7. The molecule has 0 radical (unpaired) electrons. The summed E-state index contributed by atoms with van der Waals surface area (Å²) in [6, 6.07) is 20.5. The molecule has 0 bridgehead atoms. The fourth-order valence-electron chi connectivity index (χ4n) is 3.89. The van der Waals surface area contributed by atoms with Gasteiger partial charge in [0, 0.05) is 43.1 Å². The van der Waals surface area contributed by atoms with Crippen molar-refractivity contribution in [2.45, 2.75) is 32.4 Å². The Kier molecular flexibility index (Phi) is 7.20. The summed E-state index contributed by atoms with van der Waals surface area (Å²) in [6.45, 7) is 4.64. The molecule has 1 aliphatic heterocycles. The van der Waals surface area contributed by atoms with Crippen LogP contribution in [0.4, 0.5) is 5.69 Å². The minimum Gasteiger partial charge on any atom is -0.457 e. The Hall–Kier alpha value is -3.15. The minimum absolute atomic E-state index is 0.189. The molecule has 5 heteroatoms. The smallest absolute Gasteiger partial charge is 0.248 e. The summed E-state index contributed by atoms with van der Waals surface area (Å²) >= 11 is 0. The number of nitrogens with zero attached hydrogens (tertiary/aromatic N) is 1. The third-order valence-corrected chi connectivity index (χ3v) is 5.83. The zero-order valence-electron chi connectivity index (χ0n) is 18.7. The van der Waals surface area contributed by atoms with E-state index in [0.717, 1.165) is 49.6 Å². The number of hydrogen-bond acceptors (Lipinski definition) is 4. The van der Waals surface area contributed by atoms with Crippen molar-refractivity contribution < 1.29 is 13.9 Å². The number of carbonyl (C=O) groups is 1.